The molecular weight excluding hydrogens is 447 g/mol. The minimum absolute atomic E-state index is 0.0277. The van der Waals surface area contributed by atoms with Crippen molar-refractivity contribution < 1.29 is 19.0 Å². The van der Waals surface area contributed by atoms with Crippen molar-refractivity contribution in [3.05, 3.63) is 18.1 Å². The predicted octanol–water partition coefficient (Wildman–Crippen LogP) is 1.05. The summed E-state index contributed by atoms with van der Waals surface area (Å²) in [4.78, 5) is 23.9. The number of nitrogens with zero attached hydrogens (tertiary/aromatic N) is 8. The van der Waals surface area contributed by atoms with Crippen molar-refractivity contribution in [3.8, 4) is 5.88 Å². The first-order valence-corrected chi connectivity index (χ1v) is 11.0. The van der Waals surface area contributed by atoms with Gasteiger partial charge in [0.2, 0.25) is 5.95 Å². The molecule has 2 saturated heterocycles. The molecule has 3 aromatic rings. The first kappa shape index (κ1) is 22.1. The summed E-state index contributed by atoms with van der Waals surface area (Å²) in [5.41, 5.74) is 1.89. The number of nitrogens with one attached hydrogen (secondary N) is 2. The number of methoxy groups -OCH3 is 1. The molecule has 0 saturated carbocycles. The highest BCUT2D eigenvalue weighted by Gasteiger charge is 2.36. The van der Waals surface area contributed by atoms with Crippen LogP contribution in [0.1, 0.15) is 18.2 Å². The third-order valence-electron chi connectivity index (χ3n) is 6.25. The number of carboxylic acid groups (broad SMARTS) is 1. The third-order valence-corrected chi connectivity index (χ3v) is 6.25. The zero-order chi connectivity index (χ0) is 24.0. The molecule has 34 heavy (non-hydrogen) atoms. The Kier molecular flexibility index (Phi) is 5.59. The fraction of sp³-hybridized carbons (Fsp3) is 0.550. The zero-order valence-electron chi connectivity index (χ0n) is 19.1. The lowest BCUT2D eigenvalue weighted by molar-refractivity contribution is 0.183. The van der Waals surface area contributed by atoms with E-state index in [0.717, 1.165) is 25.2 Å². The van der Waals surface area contributed by atoms with E-state index in [4.69, 9.17) is 9.84 Å². The number of anilines is 3. The molecule has 0 bridgehead atoms. The number of likely N-dealkylation sites (N-methyl/N-ethyl adjacent to an activating group) is 1. The monoisotopic (exact) mass is 474 g/mol. The summed E-state index contributed by atoms with van der Waals surface area (Å²) in [6.07, 6.45) is 1.91. The minimum Gasteiger partial charge on any atom is -0.478 e. The molecule has 3 N–H and O–H groups in total. The number of aryl methyl sites for hydroxylation is 1. The summed E-state index contributed by atoms with van der Waals surface area (Å²) in [5, 5.41) is 23.6. The molecule has 3 atom stereocenters. The number of hydrogen-bond donors (Lipinski definition) is 3. The van der Waals surface area contributed by atoms with Crippen LogP contribution in [0.3, 0.4) is 0 Å². The van der Waals surface area contributed by atoms with E-state index >= 15 is 0 Å². The Morgan fingerprint density at radius 2 is 2.12 bits per heavy atom. The highest BCUT2D eigenvalue weighted by atomic mass is 19.1. The predicted molar refractivity (Wildman–Crippen MR) is 121 cm³/mol. The van der Waals surface area contributed by atoms with Gasteiger partial charge in [0.15, 0.2) is 11.5 Å². The van der Waals surface area contributed by atoms with Gasteiger partial charge in [-0.15, -0.1) is 10.2 Å². The SMILES string of the molecule is COc1nn([C@H]2CCN(C)C2)cc1Nc1nc(N2C[C@H](NC(=O)O)[C@@H](F)C2)nn2c(C)cnc12. The van der Waals surface area contributed by atoms with E-state index in [-0.39, 0.29) is 25.1 Å². The van der Waals surface area contributed by atoms with Crippen molar-refractivity contribution in [1.29, 1.82) is 0 Å². The number of likely N-dealkylation sites (tertiary alicyclic amines) is 1. The van der Waals surface area contributed by atoms with Gasteiger partial charge >= 0.3 is 6.09 Å². The number of imidazole rings is 1. The Bertz CT molecular complexity index is 1210. The van der Waals surface area contributed by atoms with Gasteiger partial charge in [0.25, 0.3) is 5.88 Å². The number of aromatic nitrogens is 6. The number of fused-ring (bicyclic) bond motifs is 1. The second-order valence-electron chi connectivity index (χ2n) is 8.73. The zero-order valence-corrected chi connectivity index (χ0v) is 19.1. The normalized spacial score (nSPS) is 23.1. The van der Waals surface area contributed by atoms with E-state index in [9.17, 15) is 9.18 Å². The molecule has 5 heterocycles. The van der Waals surface area contributed by atoms with Crippen LogP contribution in [0.4, 0.5) is 26.6 Å². The van der Waals surface area contributed by atoms with Gasteiger partial charge in [0.1, 0.15) is 11.9 Å². The van der Waals surface area contributed by atoms with E-state index in [0.29, 0.717) is 23.0 Å². The molecule has 0 aromatic carbocycles. The van der Waals surface area contributed by atoms with Crippen molar-refractivity contribution in [2.75, 3.05) is 50.6 Å². The van der Waals surface area contributed by atoms with Crippen LogP contribution in [0.25, 0.3) is 5.65 Å². The summed E-state index contributed by atoms with van der Waals surface area (Å²) in [7, 11) is 3.64. The molecule has 2 aliphatic rings. The summed E-state index contributed by atoms with van der Waals surface area (Å²) in [6.45, 7) is 3.84. The second kappa shape index (κ2) is 8.59. The Morgan fingerprint density at radius 1 is 1.29 bits per heavy atom. The van der Waals surface area contributed by atoms with Crippen LogP contribution in [0.15, 0.2) is 12.4 Å². The Labute approximate surface area is 194 Å². The van der Waals surface area contributed by atoms with E-state index in [2.05, 4.69) is 42.7 Å². The molecule has 182 valence electrons. The lowest BCUT2D eigenvalue weighted by atomic mass is 10.2. The number of carbonyl (C=O) groups is 1. The Hall–Kier alpha value is -3.68. The number of rotatable bonds is 6. The van der Waals surface area contributed by atoms with Crippen molar-refractivity contribution in [3.63, 3.8) is 0 Å². The van der Waals surface area contributed by atoms with Crippen molar-refractivity contribution >= 4 is 29.2 Å². The molecule has 2 aliphatic heterocycles. The summed E-state index contributed by atoms with van der Waals surface area (Å²) >= 11 is 0. The summed E-state index contributed by atoms with van der Waals surface area (Å²) in [6, 6.07) is -0.617. The fourth-order valence-corrected chi connectivity index (χ4v) is 4.47. The van der Waals surface area contributed by atoms with Gasteiger partial charge in [-0.05, 0) is 26.9 Å². The minimum atomic E-state index is -1.38. The Balaban J connectivity index is 1.47. The van der Waals surface area contributed by atoms with Gasteiger partial charge < -0.3 is 30.3 Å². The molecule has 1 amide bonds. The number of alkyl halides is 1. The molecule has 2 fully saturated rings. The van der Waals surface area contributed by atoms with E-state index in [1.165, 1.54) is 0 Å². The smallest absolute Gasteiger partial charge is 0.405 e. The average molecular weight is 475 g/mol. The Morgan fingerprint density at radius 3 is 2.82 bits per heavy atom. The quantitative estimate of drug-likeness (QED) is 0.475. The van der Waals surface area contributed by atoms with Gasteiger partial charge in [-0.3, -0.25) is 4.68 Å². The molecule has 5 rings (SSSR count). The van der Waals surface area contributed by atoms with Crippen LogP contribution in [0.2, 0.25) is 0 Å². The van der Waals surface area contributed by atoms with E-state index < -0.39 is 18.3 Å². The highest BCUT2D eigenvalue weighted by Crippen LogP contribution is 2.31. The maximum Gasteiger partial charge on any atom is 0.405 e. The van der Waals surface area contributed by atoms with Gasteiger partial charge in [0, 0.05) is 13.1 Å². The maximum atomic E-state index is 14.5. The van der Waals surface area contributed by atoms with Crippen LogP contribution >= 0.6 is 0 Å². The number of halogens is 1. The summed E-state index contributed by atoms with van der Waals surface area (Å²) < 4.78 is 23.5. The first-order valence-electron chi connectivity index (χ1n) is 11.0. The maximum absolute atomic E-state index is 14.5. The van der Waals surface area contributed by atoms with E-state index in [1.807, 2.05) is 17.8 Å². The van der Waals surface area contributed by atoms with Gasteiger partial charge in [-0.2, -0.15) is 4.98 Å². The number of ether oxygens (including phenoxy) is 1. The number of amides is 1. The third kappa shape index (κ3) is 4.04. The lowest BCUT2D eigenvalue weighted by Gasteiger charge is -2.17. The largest absolute Gasteiger partial charge is 0.478 e. The van der Waals surface area contributed by atoms with E-state index in [1.54, 1.807) is 22.7 Å². The standard InChI is InChI=1S/C20H27FN10O3/c1-11-6-22-17-16(23-15-10-30(26-18(15)34-3)12-4-5-28(2)7-12)25-19(27-31(11)17)29-8-13(21)14(9-29)24-20(32)33/h6,10,12-14,24H,4-5,7-9H2,1-3H3,(H,32,33)(H,23,25,27)/t12-,13-,14-/m0/s1. The van der Waals surface area contributed by atoms with Crippen LogP contribution < -0.4 is 20.3 Å². The lowest BCUT2D eigenvalue weighted by Crippen LogP contribution is -2.40. The molecule has 3 aromatic heterocycles. The summed E-state index contributed by atoms with van der Waals surface area (Å²) in [5.74, 6) is 1.09. The van der Waals surface area contributed by atoms with Crippen LogP contribution in [0.5, 0.6) is 5.88 Å². The van der Waals surface area contributed by atoms with Gasteiger partial charge in [0.05, 0.1) is 43.8 Å². The van der Waals surface area contributed by atoms with Crippen LogP contribution in [0, 0.1) is 6.92 Å². The van der Waals surface area contributed by atoms with Crippen molar-refractivity contribution in [1.82, 2.24) is 39.6 Å². The van der Waals surface area contributed by atoms with Gasteiger partial charge in [-0.1, -0.05) is 0 Å². The fourth-order valence-electron chi connectivity index (χ4n) is 4.47. The van der Waals surface area contributed by atoms with Crippen molar-refractivity contribution in [2.45, 2.75) is 31.6 Å². The molecule has 0 unspecified atom stereocenters. The topological polar surface area (TPSA) is 138 Å². The average Bonchev–Trinajstić information content (AvgIpc) is 3.56. The first-order chi connectivity index (χ1) is 16.3. The molecule has 14 heteroatoms. The van der Waals surface area contributed by atoms with Crippen LogP contribution in [-0.2, 0) is 0 Å². The highest BCUT2D eigenvalue weighted by molar-refractivity contribution is 5.73. The van der Waals surface area contributed by atoms with Gasteiger partial charge in [-0.25, -0.2) is 18.7 Å². The number of hydrogen-bond acceptors (Lipinski definition) is 9. The molecule has 0 aliphatic carbocycles. The molecule has 0 spiro atoms. The molecule has 13 nitrogen and oxygen atoms in total. The molecule has 0 radical (unpaired) electrons. The van der Waals surface area contributed by atoms with Crippen molar-refractivity contribution in [2.24, 2.45) is 0 Å². The van der Waals surface area contributed by atoms with Crippen LogP contribution in [-0.4, -0.2) is 98.0 Å². The second-order valence-corrected chi connectivity index (χ2v) is 8.73. The molecular formula is C20H27FN10O3.